The molecule has 1 aromatic carbocycles. The van der Waals surface area contributed by atoms with Crippen molar-refractivity contribution in [2.75, 3.05) is 19.8 Å². The summed E-state index contributed by atoms with van der Waals surface area (Å²) in [5.41, 5.74) is 0. The molecule has 0 aliphatic heterocycles. The molecule has 23 heavy (non-hydrogen) atoms. The quantitative estimate of drug-likeness (QED) is 0.588. The van der Waals surface area contributed by atoms with E-state index in [1.54, 1.807) is 19.1 Å². The highest BCUT2D eigenvalue weighted by Crippen LogP contribution is 2.26. The highest BCUT2D eigenvalue weighted by molar-refractivity contribution is 6.20. The lowest BCUT2D eigenvalue weighted by Crippen LogP contribution is -2.27. The van der Waals surface area contributed by atoms with Crippen LogP contribution in [0.1, 0.15) is 35.5 Å². The summed E-state index contributed by atoms with van der Waals surface area (Å²) in [6.45, 7) is 4.94. The van der Waals surface area contributed by atoms with Crippen LogP contribution in [0.3, 0.4) is 0 Å². The first kappa shape index (κ1) is 17.2. The zero-order valence-electron chi connectivity index (χ0n) is 13.2. The van der Waals surface area contributed by atoms with Crippen molar-refractivity contribution in [3.05, 3.63) is 47.9 Å². The largest absolute Gasteiger partial charge is 0.490 e. The lowest BCUT2D eigenvalue weighted by Gasteiger charge is -2.11. The topological polar surface area (TPSA) is 60.7 Å². The second-order valence-corrected chi connectivity index (χ2v) is 5.46. The van der Waals surface area contributed by atoms with E-state index in [1.807, 2.05) is 31.2 Å². The van der Waals surface area contributed by atoms with E-state index in [9.17, 15) is 4.79 Å². The van der Waals surface area contributed by atoms with E-state index in [0.29, 0.717) is 37.0 Å². The molecule has 0 spiro atoms. The maximum Gasteiger partial charge on any atom is 0.287 e. The first-order valence-electron chi connectivity index (χ1n) is 7.48. The molecule has 0 saturated carbocycles. The van der Waals surface area contributed by atoms with Gasteiger partial charge >= 0.3 is 0 Å². The van der Waals surface area contributed by atoms with Gasteiger partial charge in [0.15, 0.2) is 17.3 Å². The Balaban J connectivity index is 1.80. The molecule has 1 N–H and O–H groups in total. The van der Waals surface area contributed by atoms with Crippen LogP contribution in [-0.2, 0) is 0 Å². The van der Waals surface area contributed by atoms with Crippen LogP contribution in [0, 0.1) is 0 Å². The number of alkyl halides is 1. The van der Waals surface area contributed by atoms with Gasteiger partial charge < -0.3 is 19.2 Å². The first-order valence-corrected chi connectivity index (χ1v) is 7.92. The molecular formula is C17H20ClNO4. The second kappa shape index (κ2) is 8.48. The van der Waals surface area contributed by atoms with Crippen LogP contribution in [-0.4, -0.2) is 25.7 Å². The van der Waals surface area contributed by atoms with Gasteiger partial charge in [0.25, 0.3) is 5.91 Å². The first-order chi connectivity index (χ1) is 11.1. The van der Waals surface area contributed by atoms with Gasteiger partial charge in [-0.3, -0.25) is 4.79 Å². The number of hydrogen-bond acceptors (Lipinski definition) is 4. The lowest BCUT2D eigenvalue weighted by molar-refractivity contribution is 0.0917. The van der Waals surface area contributed by atoms with Crippen molar-refractivity contribution < 1.29 is 18.7 Å². The number of carbonyl (C=O) groups is 1. The van der Waals surface area contributed by atoms with Crippen molar-refractivity contribution in [1.82, 2.24) is 5.32 Å². The number of para-hydroxylation sites is 2. The standard InChI is InChI=1S/C17H20ClNO4/c1-3-21-14-6-4-5-7-15(14)22-11-10-19-17(20)16-9-8-13(23-16)12(2)18/h4-9,12H,3,10-11H2,1-2H3,(H,19,20). The number of benzene rings is 1. The molecule has 1 amide bonds. The predicted molar refractivity (Wildman–Crippen MR) is 88.4 cm³/mol. The van der Waals surface area contributed by atoms with Gasteiger partial charge in [0.2, 0.25) is 0 Å². The van der Waals surface area contributed by atoms with Crippen LogP contribution in [0.15, 0.2) is 40.8 Å². The summed E-state index contributed by atoms with van der Waals surface area (Å²) in [4.78, 5) is 11.9. The highest BCUT2D eigenvalue weighted by Gasteiger charge is 2.13. The Hall–Kier alpha value is -2.14. The van der Waals surface area contributed by atoms with Crippen LogP contribution >= 0.6 is 11.6 Å². The fourth-order valence-electron chi connectivity index (χ4n) is 1.95. The number of halogens is 1. The summed E-state index contributed by atoms with van der Waals surface area (Å²) >= 11 is 5.90. The maximum absolute atomic E-state index is 11.9. The molecule has 1 unspecified atom stereocenters. The Kier molecular flexibility index (Phi) is 6.35. The van der Waals surface area contributed by atoms with Crippen molar-refractivity contribution in [2.45, 2.75) is 19.2 Å². The number of rotatable bonds is 8. The van der Waals surface area contributed by atoms with Crippen molar-refractivity contribution in [3.8, 4) is 11.5 Å². The van der Waals surface area contributed by atoms with Crippen molar-refractivity contribution in [1.29, 1.82) is 0 Å². The molecule has 2 aromatic rings. The number of carbonyl (C=O) groups excluding carboxylic acids is 1. The normalized spacial score (nSPS) is 11.8. The number of hydrogen-bond donors (Lipinski definition) is 1. The van der Waals surface area contributed by atoms with Crippen LogP contribution in [0.5, 0.6) is 11.5 Å². The Morgan fingerprint density at radius 2 is 1.91 bits per heavy atom. The highest BCUT2D eigenvalue weighted by atomic mass is 35.5. The van der Waals surface area contributed by atoms with Gasteiger partial charge in [-0.05, 0) is 38.1 Å². The van der Waals surface area contributed by atoms with Crippen molar-refractivity contribution in [2.24, 2.45) is 0 Å². The smallest absolute Gasteiger partial charge is 0.287 e. The van der Waals surface area contributed by atoms with Gasteiger partial charge in [-0.25, -0.2) is 0 Å². The molecular weight excluding hydrogens is 318 g/mol. The molecule has 1 heterocycles. The average Bonchev–Trinajstić information content (AvgIpc) is 3.03. The second-order valence-electron chi connectivity index (χ2n) is 4.80. The Morgan fingerprint density at radius 3 is 2.52 bits per heavy atom. The fraction of sp³-hybridized carbons (Fsp3) is 0.353. The van der Waals surface area contributed by atoms with Crippen LogP contribution in [0.4, 0.5) is 0 Å². The molecule has 5 nitrogen and oxygen atoms in total. The van der Waals surface area contributed by atoms with Gasteiger partial charge in [-0.2, -0.15) is 0 Å². The SMILES string of the molecule is CCOc1ccccc1OCCNC(=O)c1ccc(C(C)Cl)o1. The third-order valence-corrected chi connectivity index (χ3v) is 3.25. The van der Waals surface area contributed by atoms with E-state index in [4.69, 9.17) is 25.5 Å². The van der Waals surface area contributed by atoms with Crippen molar-refractivity contribution in [3.63, 3.8) is 0 Å². The van der Waals surface area contributed by atoms with Gasteiger partial charge in [-0.1, -0.05) is 12.1 Å². The van der Waals surface area contributed by atoms with Gasteiger partial charge in [0, 0.05) is 0 Å². The molecule has 1 atom stereocenters. The molecule has 0 saturated heterocycles. The summed E-state index contributed by atoms with van der Waals surface area (Å²) in [5.74, 6) is 1.85. The minimum absolute atomic E-state index is 0.238. The predicted octanol–water partition coefficient (Wildman–Crippen LogP) is 3.79. The zero-order chi connectivity index (χ0) is 16.7. The maximum atomic E-state index is 11.9. The summed E-state index contributed by atoms with van der Waals surface area (Å²) in [5, 5.41) is 2.46. The van der Waals surface area contributed by atoms with Crippen LogP contribution in [0.2, 0.25) is 0 Å². The molecule has 0 radical (unpaired) electrons. The van der Waals surface area contributed by atoms with E-state index in [-0.39, 0.29) is 17.0 Å². The molecule has 124 valence electrons. The Bertz CT molecular complexity index is 639. The summed E-state index contributed by atoms with van der Waals surface area (Å²) in [6, 6.07) is 10.7. The number of ether oxygens (including phenoxy) is 2. The molecule has 2 rings (SSSR count). The Labute approximate surface area is 140 Å². The number of amides is 1. The fourth-order valence-corrected chi connectivity index (χ4v) is 2.06. The third kappa shape index (κ3) is 4.93. The van der Waals surface area contributed by atoms with Crippen LogP contribution in [0.25, 0.3) is 0 Å². The zero-order valence-corrected chi connectivity index (χ0v) is 13.9. The van der Waals surface area contributed by atoms with E-state index in [2.05, 4.69) is 5.32 Å². The van der Waals surface area contributed by atoms with Gasteiger partial charge in [-0.15, -0.1) is 11.6 Å². The molecule has 1 aromatic heterocycles. The van der Waals surface area contributed by atoms with E-state index >= 15 is 0 Å². The molecule has 0 fully saturated rings. The van der Waals surface area contributed by atoms with Crippen molar-refractivity contribution >= 4 is 17.5 Å². The summed E-state index contributed by atoms with van der Waals surface area (Å²) < 4.78 is 16.5. The monoisotopic (exact) mass is 337 g/mol. The Morgan fingerprint density at radius 1 is 1.22 bits per heavy atom. The average molecular weight is 338 g/mol. The van der Waals surface area contributed by atoms with E-state index in [1.165, 1.54) is 0 Å². The molecule has 6 heteroatoms. The van der Waals surface area contributed by atoms with Gasteiger partial charge in [0.1, 0.15) is 12.4 Å². The lowest BCUT2D eigenvalue weighted by atomic mass is 10.3. The number of furan rings is 1. The summed E-state index contributed by atoms with van der Waals surface area (Å²) in [6.07, 6.45) is 0. The minimum Gasteiger partial charge on any atom is -0.490 e. The molecule has 0 aliphatic carbocycles. The third-order valence-electron chi connectivity index (χ3n) is 3.04. The minimum atomic E-state index is -0.296. The molecule has 0 aliphatic rings. The number of nitrogens with one attached hydrogen (secondary N) is 1. The van der Waals surface area contributed by atoms with E-state index < -0.39 is 0 Å². The van der Waals surface area contributed by atoms with E-state index in [0.717, 1.165) is 0 Å². The van der Waals surface area contributed by atoms with Crippen LogP contribution < -0.4 is 14.8 Å². The summed E-state index contributed by atoms with van der Waals surface area (Å²) in [7, 11) is 0. The molecule has 0 bridgehead atoms. The van der Waals surface area contributed by atoms with Gasteiger partial charge in [0.05, 0.1) is 18.5 Å².